The molecule has 1 atom stereocenters. The van der Waals surface area contributed by atoms with Gasteiger partial charge in [-0.05, 0) is 55.6 Å². The number of carbonyl (C=O) groups excluding carboxylic acids is 2. The summed E-state index contributed by atoms with van der Waals surface area (Å²) in [6, 6.07) is 6.24. The highest BCUT2D eigenvalue weighted by Crippen LogP contribution is 2.31. The number of aliphatic imine (C=N–C) groups is 1. The maximum atomic E-state index is 13.0. The molecule has 2 aliphatic rings. The number of carbonyl (C=O) groups is 2. The average molecular weight is 543 g/mol. The Bertz CT molecular complexity index is 952. The van der Waals surface area contributed by atoms with E-state index in [1.54, 1.807) is 4.90 Å². The van der Waals surface area contributed by atoms with Crippen molar-refractivity contribution in [3.05, 3.63) is 23.8 Å². The monoisotopic (exact) mass is 542 g/mol. The standard InChI is InChI=1S/C31H50N4O4/c1-5-6-18-34(25-13-9-7-10-14-25)28(37)15-11-8-12-19-38-26-17-16-24-21-35(30(32)33-27(24)20-26)29(22-36)39-23-31(2,3)4/h16-17,20,22,25,29H,5-15,18-19,21,23H2,1-4H3,(H2,32,33). The second-order valence-electron chi connectivity index (χ2n) is 12.2. The van der Waals surface area contributed by atoms with E-state index in [2.05, 4.69) is 37.6 Å². The molecule has 1 aliphatic heterocycles. The van der Waals surface area contributed by atoms with Crippen molar-refractivity contribution in [3.8, 4) is 5.75 Å². The maximum absolute atomic E-state index is 13.0. The molecule has 8 nitrogen and oxygen atoms in total. The number of aldehydes is 1. The van der Waals surface area contributed by atoms with Gasteiger partial charge in [0.2, 0.25) is 5.91 Å². The van der Waals surface area contributed by atoms with Crippen LogP contribution in [0.25, 0.3) is 0 Å². The third-order valence-corrected chi connectivity index (χ3v) is 7.43. The molecule has 1 amide bonds. The van der Waals surface area contributed by atoms with E-state index in [0.717, 1.165) is 61.9 Å². The Morgan fingerprint density at radius 1 is 1.18 bits per heavy atom. The molecule has 1 saturated carbocycles. The second-order valence-corrected chi connectivity index (χ2v) is 12.2. The molecule has 0 bridgehead atoms. The Morgan fingerprint density at radius 2 is 1.95 bits per heavy atom. The number of unbranched alkanes of at least 4 members (excludes halogenated alkanes) is 3. The van der Waals surface area contributed by atoms with Gasteiger partial charge in [-0.2, -0.15) is 0 Å². The molecule has 1 fully saturated rings. The number of amides is 1. The smallest absolute Gasteiger partial charge is 0.222 e. The van der Waals surface area contributed by atoms with E-state index >= 15 is 0 Å². The Labute approximate surface area is 235 Å². The van der Waals surface area contributed by atoms with Crippen LogP contribution < -0.4 is 10.5 Å². The summed E-state index contributed by atoms with van der Waals surface area (Å²) in [7, 11) is 0. The molecule has 0 spiro atoms. The molecule has 3 rings (SSSR count). The lowest BCUT2D eigenvalue weighted by molar-refractivity contribution is -0.134. The fourth-order valence-corrected chi connectivity index (χ4v) is 5.20. The number of hydrogen-bond donors (Lipinski definition) is 1. The minimum Gasteiger partial charge on any atom is -0.494 e. The van der Waals surface area contributed by atoms with Crippen LogP contribution in [-0.2, 0) is 20.9 Å². The van der Waals surface area contributed by atoms with Gasteiger partial charge >= 0.3 is 0 Å². The summed E-state index contributed by atoms with van der Waals surface area (Å²) in [6.07, 6.45) is 11.7. The zero-order valence-electron chi connectivity index (χ0n) is 24.6. The van der Waals surface area contributed by atoms with Gasteiger partial charge in [-0.3, -0.25) is 9.59 Å². The van der Waals surface area contributed by atoms with Gasteiger partial charge in [0.1, 0.15) is 5.75 Å². The molecule has 39 heavy (non-hydrogen) atoms. The normalized spacial score (nSPS) is 16.8. The SMILES string of the molecule is CCCCN(C(=O)CCCCCOc1ccc2c(c1)N=C(N)N(C(C=O)OCC(C)(C)C)C2)C1CCCCC1. The Kier molecular flexibility index (Phi) is 12.1. The lowest BCUT2D eigenvalue weighted by Crippen LogP contribution is -2.48. The predicted octanol–water partition coefficient (Wildman–Crippen LogP) is 5.94. The summed E-state index contributed by atoms with van der Waals surface area (Å²) >= 11 is 0. The average Bonchev–Trinajstić information content (AvgIpc) is 2.91. The van der Waals surface area contributed by atoms with Crippen LogP contribution in [0.4, 0.5) is 5.69 Å². The number of hydrogen-bond acceptors (Lipinski definition) is 7. The van der Waals surface area contributed by atoms with Crippen LogP contribution in [0.2, 0.25) is 0 Å². The highest BCUT2D eigenvalue weighted by molar-refractivity contribution is 5.85. The third kappa shape index (κ3) is 9.82. The molecule has 0 saturated heterocycles. The molecule has 8 heteroatoms. The van der Waals surface area contributed by atoms with Crippen LogP contribution in [0.5, 0.6) is 5.75 Å². The van der Waals surface area contributed by atoms with E-state index in [1.165, 1.54) is 32.1 Å². The summed E-state index contributed by atoms with van der Waals surface area (Å²) < 4.78 is 11.8. The first-order valence-corrected chi connectivity index (χ1v) is 14.9. The highest BCUT2D eigenvalue weighted by Gasteiger charge is 2.27. The van der Waals surface area contributed by atoms with E-state index in [9.17, 15) is 9.59 Å². The van der Waals surface area contributed by atoms with Crippen molar-refractivity contribution in [3.63, 3.8) is 0 Å². The van der Waals surface area contributed by atoms with Crippen LogP contribution in [0.3, 0.4) is 0 Å². The van der Waals surface area contributed by atoms with Gasteiger partial charge < -0.3 is 25.0 Å². The van der Waals surface area contributed by atoms with Gasteiger partial charge in [0.25, 0.3) is 0 Å². The molecule has 218 valence electrons. The van der Waals surface area contributed by atoms with Crippen molar-refractivity contribution in [2.45, 2.75) is 117 Å². The van der Waals surface area contributed by atoms with Crippen molar-refractivity contribution in [1.82, 2.24) is 9.80 Å². The number of fused-ring (bicyclic) bond motifs is 1. The Balaban J connectivity index is 1.42. The van der Waals surface area contributed by atoms with Gasteiger partial charge in [-0.15, -0.1) is 0 Å². The number of ether oxygens (including phenoxy) is 2. The van der Waals surface area contributed by atoms with E-state index in [1.807, 2.05) is 18.2 Å². The van der Waals surface area contributed by atoms with Gasteiger partial charge in [-0.1, -0.05) is 59.4 Å². The van der Waals surface area contributed by atoms with Gasteiger partial charge in [0.15, 0.2) is 18.5 Å². The number of guanidine groups is 1. The molecule has 1 heterocycles. The van der Waals surface area contributed by atoms with Gasteiger partial charge in [0, 0.05) is 25.1 Å². The summed E-state index contributed by atoms with van der Waals surface area (Å²) in [5, 5.41) is 0. The molecule has 0 aromatic heterocycles. The molecular weight excluding hydrogens is 492 g/mol. The Morgan fingerprint density at radius 3 is 2.64 bits per heavy atom. The van der Waals surface area contributed by atoms with E-state index in [-0.39, 0.29) is 11.4 Å². The van der Waals surface area contributed by atoms with Crippen molar-refractivity contribution < 1.29 is 19.1 Å². The molecule has 1 aliphatic carbocycles. The zero-order valence-corrected chi connectivity index (χ0v) is 24.6. The van der Waals surface area contributed by atoms with Crippen LogP contribution >= 0.6 is 0 Å². The van der Waals surface area contributed by atoms with Crippen molar-refractivity contribution in [1.29, 1.82) is 0 Å². The first kappa shape index (κ1) is 30.9. The first-order valence-electron chi connectivity index (χ1n) is 14.9. The quantitative estimate of drug-likeness (QED) is 0.218. The van der Waals surface area contributed by atoms with Crippen molar-refractivity contribution in [2.24, 2.45) is 16.1 Å². The predicted molar refractivity (Wildman–Crippen MR) is 156 cm³/mol. The summed E-state index contributed by atoms with van der Waals surface area (Å²) in [5.74, 6) is 1.33. The van der Waals surface area contributed by atoms with Gasteiger partial charge in [0.05, 0.1) is 25.4 Å². The molecule has 1 aromatic rings. The van der Waals surface area contributed by atoms with Crippen molar-refractivity contribution in [2.75, 3.05) is 19.8 Å². The fraction of sp³-hybridized carbons (Fsp3) is 0.710. The molecule has 1 aromatic carbocycles. The van der Waals surface area contributed by atoms with E-state index in [4.69, 9.17) is 15.2 Å². The minimum atomic E-state index is -0.773. The number of benzene rings is 1. The second kappa shape index (κ2) is 15.2. The largest absolute Gasteiger partial charge is 0.494 e. The summed E-state index contributed by atoms with van der Waals surface area (Å²) in [4.78, 5) is 33.0. The topological polar surface area (TPSA) is 97.5 Å². The number of rotatable bonds is 15. The maximum Gasteiger partial charge on any atom is 0.222 e. The van der Waals surface area contributed by atoms with Crippen LogP contribution in [0.15, 0.2) is 23.2 Å². The fourth-order valence-electron chi connectivity index (χ4n) is 5.20. The van der Waals surface area contributed by atoms with Gasteiger partial charge in [-0.25, -0.2) is 4.99 Å². The minimum absolute atomic E-state index is 0.0629. The van der Waals surface area contributed by atoms with Crippen molar-refractivity contribution >= 4 is 23.8 Å². The Hall–Kier alpha value is -2.61. The molecular formula is C31H50N4O4. The third-order valence-electron chi connectivity index (χ3n) is 7.43. The number of nitrogens with zero attached hydrogens (tertiary/aromatic N) is 3. The van der Waals surface area contributed by atoms with E-state index in [0.29, 0.717) is 38.1 Å². The molecule has 1 unspecified atom stereocenters. The lowest BCUT2D eigenvalue weighted by Gasteiger charge is -2.34. The van der Waals surface area contributed by atoms with Crippen LogP contribution in [-0.4, -0.2) is 60.0 Å². The number of nitrogens with two attached hydrogens (primary N) is 1. The lowest BCUT2D eigenvalue weighted by atomic mass is 9.93. The van der Waals surface area contributed by atoms with Crippen LogP contribution in [0.1, 0.15) is 104 Å². The summed E-state index contributed by atoms with van der Waals surface area (Å²) in [6.45, 7) is 10.7. The molecule has 0 radical (unpaired) electrons. The zero-order chi connectivity index (χ0) is 28.3. The first-order chi connectivity index (χ1) is 18.7. The van der Waals surface area contributed by atoms with Crippen LogP contribution in [0, 0.1) is 5.41 Å². The van der Waals surface area contributed by atoms with E-state index < -0.39 is 6.23 Å². The summed E-state index contributed by atoms with van der Waals surface area (Å²) in [5.41, 5.74) is 7.85. The molecule has 2 N–H and O–H groups in total. The highest BCUT2D eigenvalue weighted by atomic mass is 16.5.